The van der Waals surface area contributed by atoms with Crippen molar-refractivity contribution in [3.05, 3.63) is 24.0 Å². The molecule has 3 nitrogen and oxygen atoms in total. The highest BCUT2D eigenvalue weighted by Crippen LogP contribution is 2.31. The van der Waals surface area contributed by atoms with Gasteiger partial charge in [0.25, 0.3) is 0 Å². The van der Waals surface area contributed by atoms with Crippen molar-refractivity contribution in [3.63, 3.8) is 0 Å². The van der Waals surface area contributed by atoms with E-state index in [0.717, 1.165) is 34.8 Å². The first-order valence-electron chi connectivity index (χ1n) is 7.29. The molecule has 0 bridgehead atoms. The highest BCUT2D eigenvalue weighted by molar-refractivity contribution is 7.98. The first kappa shape index (κ1) is 16.5. The molecule has 1 heterocycles. The van der Waals surface area contributed by atoms with Gasteiger partial charge >= 0.3 is 0 Å². The lowest BCUT2D eigenvalue weighted by atomic mass is 10.2. The summed E-state index contributed by atoms with van der Waals surface area (Å²) in [5.74, 6) is 3.30. The minimum Gasteiger partial charge on any atom is -0.489 e. The molecule has 0 spiro atoms. The molecule has 1 atom stereocenters. The summed E-state index contributed by atoms with van der Waals surface area (Å²) in [6, 6.07) is 6.48. The summed E-state index contributed by atoms with van der Waals surface area (Å²) in [4.78, 5) is 4.71. The molecule has 0 aliphatic rings. The van der Waals surface area contributed by atoms with Gasteiger partial charge in [-0.25, -0.2) is 4.98 Å². The zero-order chi connectivity index (χ0) is 15.4. The summed E-state index contributed by atoms with van der Waals surface area (Å²) >= 11 is 7.98. The second kappa shape index (κ2) is 7.41. The maximum Gasteiger partial charge on any atom is 0.147 e. The first-order chi connectivity index (χ1) is 10.1. The Labute approximate surface area is 136 Å². The van der Waals surface area contributed by atoms with E-state index < -0.39 is 0 Å². The molecule has 1 unspecified atom stereocenters. The van der Waals surface area contributed by atoms with E-state index in [1.807, 2.05) is 37.7 Å². The fourth-order valence-corrected chi connectivity index (χ4v) is 3.26. The van der Waals surface area contributed by atoms with Crippen molar-refractivity contribution in [2.24, 2.45) is 0 Å². The van der Waals surface area contributed by atoms with Crippen LogP contribution in [0.4, 0.5) is 0 Å². The number of para-hydroxylation sites is 1. The summed E-state index contributed by atoms with van der Waals surface area (Å²) < 4.78 is 8.13. The van der Waals surface area contributed by atoms with Gasteiger partial charge in [0.15, 0.2) is 0 Å². The number of benzene rings is 1. The normalized spacial score (nSPS) is 13.0. The largest absolute Gasteiger partial charge is 0.489 e. The van der Waals surface area contributed by atoms with Gasteiger partial charge in [0.2, 0.25) is 0 Å². The lowest BCUT2D eigenvalue weighted by Crippen LogP contribution is -2.09. The van der Waals surface area contributed by atoms with Gasteiger partial charge in [0.1, 0.15) is 17.1 Å². The van der Waals surface area contributed by atoms with Gasteiger partial charge < -0.3 is 9.30 Å². The second-order valence-corrected chi connectivity index (χ2v) is 6.71. The number of hydrogen-bond donors (Lipinski definition) is 0. The Hall–Kier alpha value is -0.870. The van der Waals surface area contributed by atoms with Crippen LogP contribution in [0.2, 0.25) is 0 Å². The third-order valence-corrected chi connectivity index (χ3v) is 4.30. The van der Waals surface area contributed by atoms with Crippen molar-refractivity contribution in [1.82, 2.24) is 9.55 Å². The monoisotopic (exact) mass is 326 g/mol. The zero-order valence-electron chi connectivity index (χ0n) is 13.1. The number of rotatable bonds is 7. The van der Waals surface area contributed by atoms with Crippen molar-refractivity contribution in [3.8, 4) is 5.75 Å². The molecule has 0 N–H and O–H groups in total. The van der Waals surface area contributed by atoms with Crippen LogP contribution in [0.5, 0.6) is 5.75 Å². The van der Waals surface area contributed by atoms with Gasteiger partial charge in [-0.05, 0) is 51.3 Å². The molecular weight excluding hydrogens is 304 g/mol. The summed E-state index contributed by atoms with van der Waals surface area (Å²) in [5.41, 5.74) is 2.02. The molecule has 2 rings (SSSR count). The molecule has 0 saturated carbocycles. The van der Waals surface area contributed by atoms with Crippen LogP contribution in [-0.2, 0) is 5.88 Å². The fraction of sp³-hybridized carbons (Fsp3) is 0.562. The summed E-state index contributed by atoms with van der Waals surface area (Å²) in [7, 11) is 0. The molecule has 21 heavy (non-hydrogen) atoms. The van der Waals surface area contributed by atoms with Crippen LogP contribution in [0.1, 0.15) is 39.1 Å². The van der Waals surface area contributed by atoms with Crippen LogP contribution >= 0.6 is 23.4 Å². The number of hydrogen-bond acceptors (Lipinski definition) is 3. The zero-order valence-corrected chi connectivity index (χ0v) is 14.7. The molecule has 0 fully saturated rings. The number of alkyl halides is 1. The van der Waals surface area contributed by atoms with Crippen LogP contribution < -0.4 is 4.74 Å². The maximum absolute atomic E-state index is 6.11. The van der Waals surface area contributed by atoms with Gasteiger partial charge in [-0.2, -0.15) is 11.8 Å². The van der Waals surface area contributed by atoms with Crippen LogP contribution in [-0.4, -0.2) is 27.7 Å². The van der Waals surface area contributed by atoms with Gasteiger partial charge in [-0.1, -0.05) is 6.07 Å². The van der Waals surface area contributed by atoms with E-state index in [1.54, 1.807) is 0 Å². The minimum absolute atomic E-state index is 0.133. The van der Waals surface area contributed by atoms with E-state index in [0.29, 0.717) is 11.9 Å². The van der Waals surface area contributed by atoms with Crippen LogP contribution in [0.25, 0.3) is 11.0 Å². The van der Waals surface area contributed by atoms with Gasteiger partial charge in [0.05, 0.1) is 17.5 Å². The van der Waals surface area contributed by atoms with E-state index >= 15 is 0 Å². The number of aromatic nitrogens is 2. The number of thioether (sulfide) groups is 1. The number of ether oxygens (including phenoxy) is 1. The smallest absolute Gasteiger partial charge is 0.147 e. The van der Waals surface area contributed by atoms with Crippen molar-refractivity contribution in [2.75, 3.05) is 12.0 Å². The Morgan fingerprint density at radius 2 is 2.10 bits per heavy atom. The molecule has 0 saturated heterocycles. The average molecular weight is 327 g/mol. The standard InChI is InChI=1S/C16H23ClN2OS/c1-11(2)20-14-7-5-6-13-16(14)18-15(10-17)19(13)12(3)8-9-21-4/h5-7,11-12H,8-10H2,1-4H3. The Morgan fingerprint density at radius 3 is 2.71 bits per heavy atom. The molecule has 0 aliphatic heterocycles. The van der Waals surface area contributed by atoms with Crippen molar-refractivity contribution < 1.29 is 4.74 Å². The predicted molar refractivity (Wildman–Crippen MR) is 92.8 cm³/mol. The first-order valence-corrected chi connectivity index (χ1v) is 9.22. The van der Waals surface area contributed by atoms with E-state index in [4.69, 9.17) is 21.3 Å². The highest BCUT2D eigenvalue weighted by Gasteiger charge is 2.18. The number of fused-ring (bicyclic) bond motifs is 1. The van der Waals surface area contributed by atoms with Crippen LogP contribution in [0, 0.1) is 0 Å². The summed E-state index contributed by atoms with van der Waals surface area (Å²) in [6.45, 7) is 6.28. The Kier molecular flexibility index (Phi) is 5.82. The topological polar surface area (TPSA) is 27.1 Å². The molecule has 1 aromatic carbocycles. The van der Waals surface area contributed by atoms with E-state index in [1.165, 1.54) is 0 Å². The fourth-order valence-electron chi connectivity index (χ4n) is 2.49. The average Bonchev–Trinajstić information content (AvgIpc) is 2.84. The lowest BCUT2D eigenvalue weighted by Gasteiger charge is -2.17. The lowest BCUT2D eigenvalue weighted by molar-refractivity contribution is 0.245. The van der Waals surface area contributed by atoms with Crippen molar-refractivity contribution >= 4 is 34.4 Å². The molecule has 0 amide bonds. The number of imidazole rings is 1. The minimum atomic E-state index is 0.133. The Balaban J connectivity index is 2.48. The van der Waals surface area contributed by atoms with E-state index in [9.17, 15) is 0 Å². The Morgan fingerprint density at radius 1 is 1.33 bits per heavy atom. The second-order valence-electron chi connectivity index (χ2n) is 5.45. The quantitative estimate of drug-likeness (QED) is 0.679. The van der Waals surface area contributed by atoms with Crippen LogP contribution in [0.3, 0.4) is 0 Å². The predicted octanol–water partition coefficient (Wildman–Crippen LogP) is 4.88. The summed E-state index contributed by atoms with van der Waals surface area (Å²) in [6.07, 6.45) is 3.37. The van der Waals surface area contributed by atoms with Crippen molar-refractivity contribution in [1.29, 1.82) is 0 Å². The number of halogens is 1. The van der Waals surface area contributed by atoms with E-state index in [-0.39, 0.29) is 6.10 Å². The summed E-state index contributed by atoms with van der Waals surface area (Å²) in [5, 5.41) is 0. The molecular formula is C16H23ClN2OS. The molecule has 1 aromatic heterocycles. The molecule has 0 aliphatic carbocycles. The maximum atomic E-state index is 6.11. The van der Waals surface area contributed by atoms with Crippen molar-refractivity contribution in [2.45, 2.75) is 45.2 Å². The highest BCUT2D eigenvalue weighted by atomic mass is 35.5. The van der Waals surface area contributed by atoms with Crippen LogP contribution in [0.15, 0.2) is 18.2 Å². The van der Waals surface area contributed by atoms with Gasteiger partial charge in [-0.3, -0.25) is 0 Å². The molecule has 5 heteroatoms. The van der Waals surface area contributed by atoms with E-state index in [2.05, 4.69) is 23.8 Å². The third-order valence-electron chi connectivity index (χ3n) is 3.42. The molecule has 0 radical (unpaired) electrons. The number of nitrogens with zero attached hydrogens (tertiary/aromatic N) is 2. The van der Waals surface area contributed by atoms with Gasteiger partial charge in [0, 0.05) is 6.04 Å². The molecule has 116 valence electrons. The molecule has 2 aromatic rings. The SMILES string of the molecule is CSCCC(C)n1c(CCl)nc2c(OC(C)C)cccc21. The van der Waals surface area contributed by atoms with Gasteiger partial charge in [-0.15, -0.1) is 11.6 Å². The Bertz CT molecular complexity index is 597. The third kappa shape index (κ3) is 3.67.